The summed E-state index contributed by atoms with van der Waals surface area (Å²) in [6, 6.07) is 0. The molecule has 0 rings (SSSR count). The van der Waals surface area contributed by atoms with Crippen LogP contribution in [0.1, 0.15) is 20.3 Å². The van der Waals surface area contributed by atoms with Crippen molar-refractivity contribution in [3.05, 3.63) is 0 Å². The highest BCUT2D eigenvalue weighted by atomic mass is 16.5. The quantitative estimate of drug-likeness (QED) is 0.543. The molecule has 0 atom stereocenters. The molecule has 0 fully saturated rings. The van der Waals surface area contributed by atoms with Crippen molar-refractivity contribution in [2.45, 2.75) is 25.8 Å². The Hall–Kier alpha value is -0.120. The fourth-order valence-electron chi connectivity index (χ4n) is 0.502. The maximum atomic E-state index is 8.38. The lowest BCUT2D eigenvalue weighted by atomic mass is 10.1. The smallest absolute Gasteiger partial charge is 0.0640 e. The predicted molar refractivity (Wildman–Crippen MR) is 40.8 cm³/mol. The van der Waals surface area contributed by atoms with Crippen LogP contribution in [0.3, 0.4) is 0 Å². The Bertz CT molecular complexity index is 78.2. The van der Waals surface area contributed by atoms with E-state index in [2.05, 4.69) is 0 Å². The number of ether oxygens (including phenoxy) is 1. The van der Waals surface area contributed by atoms with Gasteiger partial charge < -0.3 is 15.6 Å². The SMILES string of the molecule is CC(C)(N)COCCCO. The molecule has 0 saturated heterocycles. The van der Waals surface area contributed by atoms with Crippen LogP contribution in [0.15, 0.2) is 0 Å². The maximum Gasteiger partial charge on any atom is 0.0640 e. The van der Waals surface area contributed by atoms with Crippen LogP contribution < -0.4 is 5.73 Å². The summed E-state index contributed by atoms with van der Waals surface area (Å²) in [5, 5.41) is 8.38. The van der Waals surface area contributed by atoms with Crippen LogP contribution in [-0.4, -0.2) is 30.5 Å². The van der Waals surface area contributed by atoms with Crippen molar-refractivity contribution in [1.29, 1.82) is 0 Å². The second-order valence-corrected chi connectivity index (χ2v) is 3.12. The molecule has 0 aromatic carbocycles. The zero-order chi connectivity index (χ0) is 8.04. The van der Waals surface area contributed by atoms with E-state index in [0.717, 1.165) is 0 Å². The van der Waals surface area contributed by atoms with E-state index in [4.69, 9.17) is 15.6 Å². The van der Waals surface area contributed by atoms with Crippen molar-refractivity contribution in [2.75, 3.05) is 19.8 Å². The van der Waals surface area contributed by atoms with Gasteiger partial charge in [0.05, 0.1) is 6.61 Å². The molecule has 0 aliphatic carbocycles. The van der Waals surface area contributed by atoms with Gasteiger partial charge in [-0.3, -0.25) is 0 Å². The summed E-state index contributed by atoms with van der Waals surface area (Å²) in [6.45, 7) is 5.15. The molecule has 3 nitrogen and oxygen atoms in total. The van der Waals surface area contributed by atoms with Crippen LogP contribution >= 0.6 is 0 Å². The molecule has 0 spiro atoms. The average molecular weight is 147 g/mol. The molecule has 0 aliphatic heterocycles. The molecule has 0 radical (unpaired) electrons. The average Bonchev–Trinajstić information content (AvgIpc) is 1.78. The number of nitrogens with two attached hydrogens (primary N) is 1. The van der Waals surface area contributed by atoms with Gasteiger partial charge in [-0.25, -0.2) is 0 Å². The van der Waals surface area contributed by atoms with Gasteiger partial charge in [0.15, 0.2) is 0 Å². The van der Waals surface area contributed by atoms with E-state index in [9.17, 15) is 0 Å². The first-order chi connectivity index (χ1) is 4.56. The Morgan fingerprint density at radius 3 is 2.50 bits per heavy atom. The summed E-state index contributed by atoms with van der Waals surface area (Å²) in [6.07, 6.45) is 0.691. The van der Waals surface area contributed by atoms with Gasteiger partial charge in [0.1, 0.15) is 0 Å². The van der Waals surface area contributed by atoms with Crippen LogP contribution in [0.25, 0.3) is 0 Å². The van der Waals surface area contributed by atoms with Crippen LogP contribution in [0.4, 0.5) is 0 Å². The number of aliphatic hydroxyl groups is 1. The molecular formula is C7H17NO2. The second-order valence-electron chi connectivity index (χ2n) is 3.12. The van der Waals surface area contributed by atoms with Crippen LogP contribution in [0.5, 0.6) is 0 Å². The summed E-state index contributed by atoms with van der Waals surface area (Å²) in [5.41, 5.74) is 5.38. The van der Waals surface area contributed by atoms with Gasteiger partial charge in [-0.2, -0.15) is 0 Å². The molecule has 3 N–H and O–H groups in total. The van der Waals surface area contributed by atoms with Crippen LogP contribution in [0, 0.1) is 0 Å². The molecule has 0 bridgehead atoms. The fraction of sp³-hybridized carbons (Fsp3) is 1.00. The van der Waals surface area contributed by atoms with Crippen LogP contribution in [-0.2, 0) is 4.74 Å². The van der Waals surface area contributed by atoms with Crippen molar-refractivity contribution in [2.24, 2.45) is 5.73 Å². The van der Waals surface area contributed by atoms with E-state index in [1.54, 1.807) is 0 Å². The summed E-state index contributed by atoms with van der Waals surface area (Å²) in [4.78, 5) is 0. The summed E-state index contributed by atoms with van der Waals surface area (Å²) < 4.78 is 5.15. The van der Waals surface area contributed by atoms with E-state index in [1.165, 1.54) is 0 Å². The highest BCUT2D eigenvalue weighted by Crippen LogP contribution is 1.96. The molecule has 0 saturated carbocycles. The lowest BCUT2D eigenvalue weighted by Gasteiger charge is -2.17. The molecule has 0 heterocycles. The maximum absolute atomic E-state index is 8.38. The van der Waals surface area contributed by atoms with E-state index in [-0.39, 0.29) is 12.1 Å². The minimum atomic E-state index is -0.255. The Kier molecular flexibility index (Phi) is 4.60. The van der Waals surface area contributed by atoms with E-state index >= 15 is 0 Å². The van der Waals surface area contributed by atoms with Crippen molar-refractivity contribution in [1.82, 2.24) is 0 Å². The molecule has 0 aromatic heterocycles. The third kappa shape index (κ3) is 7.88. The first kappa shape index (κ1) is 9.88. The van der Waals surface area contributed by atoms with Gasteiger partial charge in [-0.1, -0.05) is 0 Å². The minimum Gasteiger partial charge on any atom is -0.396 e. The molecule has 3 heteroatoms. The number of hydrogen-bond acceptors (Lipinski definition) is 3. The van der Waals surface area contributed by atoms with Gasteiger partial charge in [-0.15, -0.1) is 0 Å². The van der Waals surface area contributed by atoms with Gasteiger partial charge in [0.2, 0.25) is 0 Å². The number of hydrogen-bond donors (Lipinski definition) is 2. The van der Waals surface area contributed by atoms with Crippen molar-refractivity contribution in [3.63, 3.8) is 0 Å². The second kappa shape index (κ2) is 4.66. The monoisotopic (exact) mass is 147 g/mol. The van der Waals surface area contributed by atoms with Gasteiger partial charge in [0, 0.05) is 18.8 Å². The lowest BCUT2D eigenvalue weighted by molar-refractivity contribution is 0.0848. The third-order valence-electron chi connectivity index (χ3n) is 0.921. The highest BCUT2D eigenvalue weighted by Gasteiger charge is 2.09. The normalized spacial score (nSPS) is 12.0. The predicted octanol–water partition coefficient (Wildman–Crippen LogP) is 0.123. The standard InChI is InChI=1S/C7H17NO2/c1-7(2,8)6-10-5-3-4-9/h9H,3-6,8H2,1-2H3. The van der Waals surface area contributed by atoms with E-state index < -0.39 is 0 Å². The first-order valence-corrected chi connectivity index (χ1v) is 3.54. The van der Waals surface area contributed by atoms with Gasteiger partial charge in [0.25, 0.3) is 0 Å². The molecule has 0 amide bonds. The number of aliphatic hydroxyl groups excluding tert-OH is 1. The summed E-state index contributed by atoms with van der Waals surface area (Å²) in [5.74, 6) is 0. The largest absolute Gasteiger partial charge is 0.396 e. The zero-order valence-electron chi connectivity index (χ0n) is 6.76. The Morgan fingerprint density at radius 1 is 1.50 bits per heavy atom. The molecular weight excluding hydrogens is 130 g/mol. The first-order valence-electron chi connectivity index (χ1n) is 3.54. The minimum absolute atomic E-state index is 0.186. The summed E-state index contributed by atoms with van der Waals surface area (Å²) >= 11 is 0. The van der Waals surface area contributed by atoms with Crippen molar-refractivity contribution < 1.29 is 9.84 Å². The lowest BCUT2D eigenvalue weighted by Crippen LogP contribution is -2.37. The van der Waals surface area contributed by atoms with E-state index in [1.807, 2.05) is 13.8 Å². The topological polar surface area (TPSA) is 55.5 Å². The third-order valence-corrected chi connectivity index (χ3v) is 0.921. The Labute approximate surface area is 62.2 Å². The molecule has 62 valence electrons. The molecule has 10 heavy (non-hydrogen) atoms. The van der Waals surface area contributed by atoms with Crippen LogP contribution in [0.2, 0.25) is 0 Å². The fourth-order valence-corrected chi connectivity index (χ4v) is 0.502. The number of rotatable bonds is 5. The zero-order valence-corrected chi connectivity index (χ0v) is 6.76. The van der Waals surface area contributed by atoms with Crippen molar-refractivity contribution in [3.8, 4) is 0 Å². The molecule has 0 aliphatic rings. The molecule has 0 aromatic rings. The molecule has 0 unspecified atom stereocenters. The van der Waals surface area contributed by atoms with Crippen molar-refractivity contribution >= 4 is 0 Å². The Balaban J connectivity index is 3.04. The summed E-state index contributed by atoms with van der Waals surface area (Å²) in [7, 11) is 0. The Morgan fingerprint density at radius 2 is 2.10 bits per heavy atom. The van der Waals surface area contributed by atoms with E-state index in [0.29, 0.717) is 19.6 Å². The van der Waals surface area contributed by atoms with Gasteiger partial charge in [-0.05, 0) is 20.3 Å². The van der Waals surface area contributed by atoms with Gasteiger partial charge >= 0.3 is 0 Å². The highest BCUT2D eigenvalue weighted by molar-refractivity contribution is 4.69.